The predicted molar refractivity (Wildman–Crippen MR) is 63.1 cm³/mol. The lowest BCUT2D eigenvalue weighted by molar-refractivity contribution is 0.415. The lowest BCUT2D eigenvalue weighted by Crippen LogP contribution is -2.20. The Labute approximate surface area is 94.8 Å². The van der Waals surface area contributed by atoms with E-state index in [9.17, 15) is 0 Å². The van der Waals surface area contributed by atoms with E-state index < -0.39 is 0 Å². The van der Waals surface area contributed by atoms with E-state index in [0.717, 1.165) is 28.6 Å². The summed E-state index contributed by atoms with van der Waals surface area (Å²) in [6.07, 6.45) is 0. The highest BCUT2D eigenvalue weighted by Gasteiger charge is 2.30. The molecule has 1 aliphatic rings. The number of hydrogen-bond donors (Lipinski definition) is 1. The first-order valence-electron chi connectivity index (χ1n) is 4.96. The van der Waals surface area contributed by atoms with E-state index in [4.69, 9.17) is 22.1 Å². The summed E-state index contributed by atoms with van der Waals surface area (Å²) in [6, 6.07) is 3.78. The summed E-state index contributed by atoms with van der Waals surface area (Å²) in [5.41, 5.74) is 7.95. The Balaban J connectivity index is 2.59. The summed E-state index contributed by atoms with van der Waals surface area (Å²) in [4.78, 5) is 2.15. The van der Waals surface area contributed by atoms with Crippen LogP contribution in [0.4, 0.5) is 5.69 Å². The topological polar surface area (TPSA) is 38.5 Å². The Morgan fingerprint density at radius 1 is 1.60 bits per heavy atom. The Bertz CT molecular complexity index is 381. The highest BCUT2D eigenvalue weighted by molar-refractivity contribution is 6.32. The fourth-order valence-corrected chi connectivity index (χ4v) is 2.52. The lowest BCUT2D eigenvalue weighted by atomic mass is 10.0. The van der Waals surface area contributed by atoms with Crippen molar-refractivity contribution >= 4 is 17.3 Å². The standard InChI is InChI=1S/C11H15ClN2O/c1-14-6-7(5-13)10-8(12)3-4-9(15-2)11(10)14/h3-4,7H,5-6,13H2,1-2H3. The maximum absolute atomic E-state index is 6.20. The summed E-state index contributed by atoms with van der Waals surface area (Å²) in [5, 5.41) is 0.783. The second-order valence-electron chi connectivity index (χ2n) is 3.83. The van der Waals surface area contributed by atoms with Gasteiger partial charge in [-0.15, -0.1) is 0 Å². The van der Waals surface area contributed by atoms with Gasteiger partial charge >= 0.3 is 0 Å². The molecule has 0 radical (unpaired) electrons. The first-order chi connectivity index (χ1) is 7.19. The van der Waals surface area contributed by atoms with Gasteiger partial charge < -0.3 is 15.4 Å². The number of rotatable bonds is 2. The minimum Gasteiger partial charge on any atom is -0.495 e. The van der Waals surface area contributed by atoms with Gasteiger partial charge in [0.25, 0.3) is 0 Å². The molecule has 1 aromatic carbocycles. The number of methoxy groups -OCH3 is 1. The van der Waals surface area contributed by atoms with Gasteiger partial charge in [-0.25, -0.2) is 0 Å². The molecule has 3 nitrogen and oxygen atoms in total. The molecule has 1 aliphatic heterocycles. The van der Waals surface area contributed by atoms with Crippen molar-refractivity contribution in [1.82, 2.24) is 0 Å². The zero-order valence-electron chi connectivity index (χ0n) is 8.96. The molecule has 15 heavy (non-hydrogen) atoms. The van der Waals surface area contributed by atoms with Crippen LogP contribution < -0.4 is 15.4 Å². The fourth-order valence-electron chi connectivity index (χ4n) is 2.22. The number of fused-ring (bicyclic) bond motifs is 1. The van der Waals surface area contributed by atoms with Crippen molar-refractivity contribution < 1.29 is 4.74 Å². The number of likely N-dealkylation sites (N-methyl/N-ethyl adjacent to an activating group) is 1. The van der Waals surface area contributed by atoms with Crippen molar-refractivity contribution in [2.24, 2.45) is 5.73 Å². The van der Waals surface area contributed by atoms with Crippen LogP contribution in [-0.4, -0.2) is 27.2 Å². The molecular weight excluding hydrogens is 212 g/mol. The molecule has 82 valence electrons. The highest BCUT2D eigenvalue weighted by Crippen LogP contribution is 2.45. The van der Waals surface area contributed by atoms with Crippen LogP contribution in [0.25, 0.3) is 0 Å². The largest absolute Gasteiger partial charge is 0.495 e. The van der Waals surface area contributed by atoms with Crippen LogP contribution in [0, 0.1) is 0 Å². The molecule has 1 heterocycles. The zero-order chi connectivity index (χ0) is 11.0. The summed E-state index contributed by atoms with van der Waals surface area (Å²) in [6.45, 7) is 1.52. The van der Waals surface area contributed by atoms with Crippen LogP contribution in [0.1, 0.15) is 11.5 Å². The van der Waals surface area contributed by atoms with Gasteiger partial charge in [0.1, 0.15) is 5.75 Å². The third-order valence-corrected chi connectivity index (χ3v) is 3.25. The Hall–Kier alpha value is -0.930. The van der Waals surface area contributed by atoms with Crippen LogP contribution in [0.3, 0.4) is 0 Å². The minimum atomic E-state index is 0.313. The third-order valence-electron chi connectivity index (χ3n) is 2.92. The number of benzene rings is 1. The minimum absolute atomic E-state index is 0.313. The number of anilines is 1. The molecule has 0 saturated heterocycles. The Morgan fingerprint density at radius 3 is 2.93 bits per heavy atom. The molecule has 4 heteroatoms. The van der Waals surface area contributed by atoms with Crippen LogP contribution in [0.15, 0.2) is 12.1 Å². The number of halogens is 1. The maximum atomic E-state index is 6.20. The predicted octanol–water partition coefficient (Wildman–Crippen LogP) is 1.84. The number of nitrogens with zero attached hydrogens (tertiary/aromatic N) is 1. The molecule has 1 unspecified atom stereocenters. The van der Waals surface area contributed by atoms with Crippen molar-refractivity contribution in [3.05, 3.63) is 22.7 Å². The number of nitrogens with two attached hydrogens (primary N) is 1. The van der Waals surface area contributed by atoms with Gasteiger partial charge in [0.15, 0.2) is 0 Å². The molecule has 2 N–H and O–H groups in total. The molecule has 0 spiro atoms. The fraction of sp³-hybridized carbons (Fsp3) is 0.455. The summed E-state index contributed by atoms with van der Waals surface area (Å²) in [7, 11) is 3.71. The van der Waals surface area contributed by atoms with Gasteiger partial charge in [0, 0.05) is 36.6 Å². The van der Waals surface area contributed by atoms with Gasteiger partial charge in [-0.1, -0.05) is 11.6 Å². The summed E-state index contributed by atoms with van der Waals surface area (Å²) >= 11 is 6.20. The van der Waals surface area contributed by atoms with Crippen molar-refractivity contribution in [2.45, 2.75) is 5.92 Å². The summed E-state index contributed by atoms with van der Waals surface area (Å²) < 4.78 is 5.33. The molecule has 0 fully saturated rings. The van der Waals surface area contributed by atoms with E-state index in [1.54, 1.807) is 7.11 Å². The van der Waals surface area contributed by atoms with Crippen molar-refractivity contribution in [3.8, 4) is 5.75 Å². The van der Waals surface area contributed by atoms with Crippen LogP contribution in [-0.2, 0) is 0 Å². The van der Waals surface area contributed by atoms with E-state index in [2.05, 4.69) is 4.90 Å². The Kier molecular flexibility index (Phi) is 2.76. The van der Waals surface area contributed by atoms with E-state index in [-0.39, 0.29) is 0 Å². The van der Waals surface area contributed by atoms with Gasteiger partial charge in [-0.2, -0.15) is 0 Å². The number of hydrogen-bond acceptors (Lipinski definition) is 3. The van der Waals surface area contributed by atoms with Crippen molar-refractivity contribution in [1.29, 1.82) is 0 Å². The number of ether oxygens (including phenoxy) is 1. The third kappa shape index (κ3) is 1.56. The maximum Gasteiger partial charge on any atom is 0.142 e. The van der Waals surface area contributed by atoms with E-state index >= 15 is 0 Å². The molecule has 0 saturated carbocycles. The monoisotopic (exact) mass is 226 g/mol. The molecule has 1 atom stereocenters. The molecule has 1 aromatic rings. The average molecular weight is 227 g/mol. The smallest absolute Gasteiger partial charge is 0.142 e. The molecule has 0 bridgehead atoms. The zero-order valence-corrected chi connectivity index (χ0v) is 9.71. The van der Waals surface area contributed by atoms with Gasteiger partial charge in [0.2, 0.25) is 0 Å². The molecule has 0 aliphatic carbocycles. The normalized spacial score (nSPS) is 19.2. The first-order valence-corrected chi connectivity index (χ1v) is 5.34. The van der Waals surface area contributed by atoms with E-state index in [1.165, 1.54) is 0 Å². The average Bonchev–Trinajstić information content (AvgIpc) is 2.58. The highest BCUT2D eigenvalue weighted by atomic mass is 35.5. The first kappa shape index (κ1) is 10.6. The van der Waals surface area contributed by atoms with Crippen LogP contribution in [0.2, 0.25) is 5.02 Å². The van der Waals surface area contributed by atoms with Crippen LogP contribution in [0.5, 0.6) is 5.75 Å². The second-order valence-corrected chi connectivity index (χ2v) is 4.23. The molecule has 0 aromatic heterocycles. The quantitative estimate of drug-likeness (QED) is 0.837. The Morgan fingerprint density at radius 2 is 2.33 bits per heavy atom. The van der Waals surface area contributed by atoms with Crippen molar-refractivity contribution in [2.75, 3.05) is 32.1 Å². The molecule has 2 rings (SSSR count). The lowest BCUT2D eigenvalue weighted by Gasteiger charge is -2.15. The van der Waals surface area contributed by atoms with Crippen molar-refractivity contribution in [3.63, 3.8) is 0 Å². The van der Waals surface area contributed by atoms with Gasteiger partial charge in [-0.05, 0) is 12.1 Å². The molecular formula is C11H15ClN2O. The molecule has 0 amide bonds. The second kappa shape index (κ2) is 3.91. The van der Waals surface area contributed by atoms with Gasteiger partial charge in [-0.3, -0.25) is 0 Å². The summed E-state index contributed by atoms with van der Waals surface area (Å²) in [5.74, 6) is 1.18. The van der Waals surface area contributed by atoms with E-state index in [0.29, 0.717) is 12.5 Å². The van der Waals surface area contributed by atoms with Crippen LogP contribution >= 0.6 is 11.6 Å². The SMILES string of the molecule is COc1ccc(Cl)c2c1N(C)CC2CN. The van der Waals surface area contributed by atoms with Gasteiger partial charge in [0.05, 0.1) is 12.8 Å². The van der Waals surface area contributed by atoms with E-state index in [1.807, 2.05) is 19.2 Å².